The monoisotopic (exact) mass is 362 g/mol. The van der Waals surface area contributed by atoms with Crippen LogP contribution in [-0.4, -0.2) is 39.2 Å². The minimum absolute atomic E-state index is 0.0916. The van der Waals surface area contributed by atoms with Crippen LogP contribution in [0, 0.1) is 0 Å². The first-order valence-corrected chi connectivity index (χ1v) is 8.67. The van der Waals surface area contributed by atoms with Crippen molar-refractivity contribution < 1.29 is 23.8 Å². The molecular formula is C19H26N2O5. The Bertz CT molecular complexity index is 666. The Kier molecular flexibility index (Phi) is 7.32. The summed E-state index contributed by atoms with van der Waals surface area (Å²) in [5.74, 6) is 0.144. The zero-order valence-corrected chi connectivity index (χ0v) is 15.5. The standard InChI is InChI=1S/C19H26N2O5/c1-24-14-9-10-17(25-2)15(11-14)21-16(12-18(22)26-3)19(23)20-13-7-5-4-6-8-13/h9-13,21H,4-8H2,1-3H3,(H,20,23)/b16-12-. The van der Waals surface area contributed by atoms with Gasteiger partial charge in [-0.2, -0.15) is 0 Å². The number of anilines is 1. The van der Waals surface area contributed by atoms with E-state index in [4.69, 9.17) is 9.47 Å². The third-order valence-electron chi connectivity index (χ3n) is 4.32. The number of carbonyl (C=O) groups excluding carboxylic acids is 2. The molecule has 1 aromatic carbocycles. The Morgan fingerprint density at radius 3 is 2.42 bits per heavy atom. The molecule has 142 valence electrons. The molecular weight excluding hydrogens is 336 g/mol. The van der Waals surface area contributed by atoms with E-state index in [0.29, 0.717) is 17.2 Å². The highest BCUT2D eigenvalue weighted by atomic mass is 16.5. The molecule has 0 saturated heterocycles. The van der Waals surface area contributed by atoms with Gasteiger partial charge in [0.25, 0.3) is 5.91 Å². The first-order valence-electron chi connectivity index (χ1n) is 8.67. The van der Waals surface area contributed by atoms with Gasteiger partial charge in [0.2, 0.25) is 0 Å². The molecule has 1 aromatic rings. The average molecular weight is 362 g/mol. The van der Waals surface area contributed by atoms with Crippen LogP contribution in [0.3, 0.4) is 0 Å². The number of hydrogen-bond donors (Lipinski definition) is 2. The topological polar surface area (TPSA) is 85.9 Å². The Labute approximate surface area is 153 Å². The highest BCUT2D eigenvalue weighted by molar-refractivity contribution is 6.02. The van der Waals surface area contributed by atoms with Gasteiger partial charge in [-0.3, -0.25) is 4.79 Å². The molecule has 1 saturated carbocycles. The Balaban J connectivity index is 2.23. The number of ether oxygens (including phenoxy) is 3. The van der Waals surface area contributed by atoms with Crippen LogP contribution in [0.5, 0.6) is 11.5 Å². The first-order chi connectivity index (χ1) is 12.6. The summed E-state index contributed by atoms with van der Waals surface area (Å²) in [6.45, 7) is 0. The predicted octanol–water partition coefficient (Wildman–Crippen LogP) is 2.62. The van der Waals surface area contributed by atoms with Crippen LogP contribution in [0.25, 0.3) is 0 Å². The van der Waals surface area contributed by atoms with Crippen molar-refractivity contribution in [2.75, 3.05) is 26.6 Å². The van der Waals surface area contributed by atoms with E-state index in [1.165, 1.54) is 20.6 Å². The van der Waals surface area contributed by atoms with Crippen LogP contribution in [0.4, 0.5) is 5.69 Å². The normalized spacial score (nSPS) is 15.1. The largest absolute Gasteiger partial charge is 0.497 e. The fourth-order valence-corrected chi connectivity index (χ4v) is 2.90. The minimum Gasteiger partial charge on any atom is -0.497 e. The molecule has 0 spiro atoms. The third kappa shape index (κ3) is 5.40. The van der Waals surface area contributed by atoms with E-state index >= 15 is 0 Å². The van der Waals surface area contributed by atoms with Crippen molar-refractivity contribution in [1.29, 1.82) is 0 Å². The van der Waals surface area contributed by atoms with Gasteiger partial charge in [-0.1, -0.05) is 19.3 Å². The molecule has 0 bridgehead atoms. The van der Waals surface area contributed by atoms with Crippen molar-refractivity contribution in [1.82, 2.24) is 5.32 Å². The zero-order valence-electron chi connectivity index (χ0n) is 15.5. The maximum atomic E-state index is 12.7. The van der Waals surface area contributed by atoms with Gasteiger partial charge in [0.05, 0.1) is 33.1 Å². The van der Waals surface area contributed by atoms with Crippen LogP contribution in [0.15, 0.2) is 30.0 Å². The summed E-state index contributed by atoms with van der Waals surface area (Å²) in [6, 6.07) is 5.27. The minimum atomic E-state index is -0.617. The number of benzene rings is 1. The van der Waals surface area contributed by atoms with Crippen molar-refractivity contribution in [3.05, 3.63) is 30.0 Å². The number of amides is 1. The molecule has 2 rings (SSSR count). The van der Waals surface area contributed by atoms with E-state index in [1.807, 2.05) is 0 Å². The maximum Gasteiger partial charge on any atom is 0.332 e. The van der Waals surface area contributed by atoms with Crippen LogP contribution in [-0.2, 0) is 14.3 Å². The van der Waals surface area contributed by atoms with Gasteiger partial charge in [0.15, 0.2) is 0 Å². The number of carbonyl (C=O) groups is 2. The van der Waals surface area contributed by atoms with Crippen molar-refractivity contribution in [3.8, 4) is 11.5 Å². The van der Waals surface area contributed by atoms with E-state index in [9.17, 15) is 9.59 Å². The summed E-state index contributed by atoms with van der Waals surface area (Å²) in [5, 5.41) is 5.96. The van der Waals surface area contributed by atoms with Gasteiger partial charge < -0.3 is 24.8 Å². The van der Waals surface area contributed by atoms with Gasteiger partial charge in [0.1, 0.15) is 17.2 Å². The molecule has 1 aliphatic carbocycles. The summed E-state index contributed by atoms with van der Waals surface area (Å²) in [4.78, 5) is 24.4. The number of rotatable bonds is 7. The lowest BCUT2D eigenvalue weighted by Gasteiger charge is -2.24. The second kappa shape index (κ2) is 9.70. The summed E-state index contributed by atoms with van der Waals surface area (Å²) in [6.07, 6.45) is 6.41. The van der Waals surface area contributed by atoms with Gasteiger partial charge in [-0.15, -0.1) is 0 Å². The molecule has 2 N–H and O–H groups in total. The molecule has 7 heteroatoms. The predicted molar refractivity (Wildman–Crippen MR) is 98.3 cm³/mol. The second-order valence-corrected chi connectivity index (χ2v) is 6.08. The smallest absolute Gasteiger partial charge is 0.332 e. The molecule has 1 amide bonds. The number of methoxy groups -OCH3 is 3. The van der Waals surface area contributed by atoms with Gasteiger partial charge in [0, 0.05) is 12.1 Å². The maximum absolute atomic E-state index is 12.7. The van der Waals surface area contributed by atoms with E-state index in [1.54, 1.807) is 25.3 Å². The van der Waals surface area contributed by atoms with Crippen molar-refractivity contribution in [3.63, 3.8) is 0 Å². The molecule has 26 heavy (non-hydrogen) atoms. The summed E-state index contributed by atoms with van der Waals surface area (Å²) < 4.78 is 15.2. The molecule has 0 radical (unpaired) electrons. The SMILES string of the molecule is COC(=O)/C=C(\Nc1cc(OC)ccc1OC)C(=O)NC1CCCCC1. The first kappa shape index (κ1) is 19.6. The van der Waals surface area contributed by atoms with Gasteiger partial charge in [-0.05, 0) is 25.0 Å². The van der Waals surface area contributed by atoms with Crippen molar-refractivity contribution in [2.24, 2.45) is 0 Å². The second-order valence-electron chi connectivity index (χ2n) is 6.08. The molecule has 0 unspecified atom stereocenters. The van der Waals surface area contributed by atoms with E-state index in [-0.39, 0.29) is 17.6 Å². The lowest BCUT2D eigenvalue weighted by Crippen LogP contribution is -2.38. The number of esters is 1. The quantitative estimate of drug-likeness (QED) is 0.573. The van der Waals surface area contributed by atoms with Crippen LogP contribution in [0.1, 0.15) is 32.1 Å². The highest BCUT2D eigenvalue weighted by Gasteiger charge is 2.20. The van der Waals surface area contributed by atoms with Crippen molar-refractivity contribution >= 4 is 17.6 Å². The zero-order chi connectivity index (χ0) is 18.9. The Morgan fingerprint density at radius 2 is 1.81 bits per heavy atom. The Hall–Kier alpha value is -2.70. The van der Waals surface area contributed by atoms with Crippen LogP contribution < -0.4 is 20.1 Å². The molecule has 1 aliphatic rings. The highest BCUT2D eigenvalue weighted by Crippen LogP contribution is 2.30. The van der Waals surface area contributed by atoms with E-state index in [0.717, 1.165) is 31.8 Å². The summed E-state index contributed by atoms with van der Waals surface area (Å²) in [5.41, 5.74) is 0.606. The number of hydrogen-bond acceptors (Lipinski definition) is 6. The van der Waals surface area contributed by atoms with Crippen LogP contribution >= 0.6 is 0 Å². The third-order valence-corrected chi connectivity index (χ3v) is 4.32. The van der Waals surface area contributed by atoms with Gasteiger partial charge in [-0.25, -0.2) is 4.79 Å². The molecule has 7 nitrogen and oxygen atoms in total. The molecule has 0 aliphatic heterocycles. The lowest BCUT2D eigenvalue weighted by atomic mass is 9.95. The Morgan fingerprint density at radius 1 is 1.08 bits per heavy atom. The van der Waals surface area contributed by atoms with Crippen LogP contribution in [0.2, 0.25) is 0 Å². The lowest BCUT2D eigenvalue weighted by molar-refractivity contribution is -0.135. The molecule has 0 aromatic heterocycles. The van der Waals surface area contributed by atoms with Crippen molar-refractivity contribution in [2.45, 2.75) is 38.1 Å². The fraction of sp³-hybridized carbons (Fsp3) is 0.474. The fourth-order valence-electron chi connectivity index (χ4n) is 2.90. The van der Waals surface area contributed by atoms with E-state index < -0.39 is 5.97 Å². The summed E-state index contributed by atoms with van der Waals surface area (Å²) in [7, 11) is 4.34. The summed E-state index contributed by atoms with van der Waals surface area (Å²) >= 11 is 0. The van der Waals surface area contributed by atoms with Gasteiger partial charge >= 0.3 is 5.97 Å². The number of nitrogens with one attached hydrogen (secondary N) is 2. The average Bonchev–Trinajstić information content (AvgIpc) is 2.67. The molecule has 1 fully saturated rings. The molecule has 0 heterocycles. The van der Waals surface area contributed by atoms with E-state index in [2.05, 4.69) is 15.4 Å². The molecule has 0 atom stereocenters.